The van der Waals surface area contributed by atoms with E-state index in [1.807, 2.05) is 12.1 Å². The lowest BCUT2D eigenvalue weighted by Gasteiger charge is -1.98. The molecule has 0 N–H and O–H groups in total. The topological polar surface area (TPSA) is 26.0 Å². The molecule has 0 fully saturated rings. The van der Waals surface area contributed by atoms with Crippen LogP contribution in [0, 0.1) is 6.92 Å². The predicted octanol–water partition coefficient (Wildman–Crippen LogP) is 5.08. The molecule has 2 aromatic carbocycles. The molecule has 4 heteroatoms. The van der Waals surface area contributed by atoms with Gasteiger partial charge in [-0.1, -0.05) is 53.2 Å². The number of hydrogen-bond acceptors (Lipinski definition) is 3. The largest absolute Gasteiger partial charge is 0.431 e. The fourth-order valence-electron chi connectivity index (χ4n) is 1.77. The lowest BCUT2D eigenvalue weighted by Crippen LogP contribution is -1.80. The van der Waals surface area contributed by atoms with E-state index in [4.69, 9.17) is 16.0 Å². The Bertz CT molecular complexity index is 706. The number of rotatable bonds is 3. The monoisotopic (exact) mass is 289 g/mol. The minimum atomic E-state index is 0.665. The average molecular weight is 290 g/mol. The van der Waals surface area contributed by atoms with Gasteiger partial charge in [-0.15, -0.1) is 0 Å². The van der Waals surface area contributed by atoms with E-state index in [0.717, 1.165) is 16.9 Å². The maximum absolute atomic E-state index is 5.92. The number of aromatic nitrogens is 1. The van der Waals surface area contributed by atoms with Gasteiger partial charge in [0.2, 0.25) is 0 Å². The summed E-state index contributed by atoms with van der Waals surface area (Å²) in [5.41, 5.74) is 4.11. The first-order chi connectivity index (χ1) is 9.20. The third-order valence-electron chi connectivity index (χ3n) is 2.81. The van der Waals surface area contributed by atoms with E-state index in [-0.39, 0.29) is 0 Å². The van der Waals surface area contributed by atoms with Crippen LogP contribution in [0.4, 0.5) is 0 Å². The van der Waals surface area contributed by atoms with Crippen molar-refractivity contribution >= 4 is 34.5 Å². The zero-order chi connectivity index (χ0) is 13.2. The molecule has 1 heterocycles. The molecule has 0 aliphatic carbocycles. The third-order valence-corrected chi connectivity index (χ3v) is 3.95. The normalized spacial score (nSPS) is 11.1. The number of oxazole rings is 1. The molecule has 0 aliphatic rings. The van der Waals surface area contributed by atoms with Crippen molar-refractivity contribution in [3.63, 3.8) is 0 Å². The van der Waals surface area contributed by atoms with Crippen molar-refractivity contribution in [1.82, 2.24) is 4.98 Å². The number of fused-ring (bicyclic) bond motifs is 1. The molecule has 96 valence electrons. The SMILES string of the molecule is Cc1ccc(CSc2nc3ccc(Cl)cc3o2)cc1. The van der Waals surface area contributed by atoms with Crippen molar-refractivity contribution in [3.8, 4) is 0 Å². The number of thioether (sulfide) groups is 1. The second kappa shape index (κ2) is 5.27. The Hall–Kier alpha value is -1.45. The van der Waals surface area contributed by atoms with Crippen LogP contribution in [0.2, 0.25) is 5.02 Å². The molecule has 0 spiro atoms. The van der Waals surface area contributed by atoms with Gasteiger partial charge in [-0.25, -0.2) is 4.98 Å². The maximum Gasteiger partial charge on any atom is 0.257 e. The molecule has 0 aliphatic heterocycles. The van der Waals surface area contributed by atoms with Gasteiger partial charge in [0.25, 0.3) is 5.22 Å². The van der Waals surface area contributed by atoms with Crippen LogP contribution >= 0.6 is 23.4 Å². The Morgan fingerprint density at radius 1 is 1.16 bits per heavy atom. The Morgan fingerprint density at radius 3 is 2.74 bits per heavy atom. The van der Waals surface area contributed by atoms with E-state index in [1.165, 1.54) is 11.1 Å². The van der Waals surface area contributed by atoms with E-state index < -0.39 is 0 Å². The highest BCUT2D eigenvalue weighted by Crippen LogP contribution is 2.27. The number of benzene rings is 2. The van der Waals surface area contributed by atoms with E-state index in [9.17, 15) is 0 Å². The van der Waals surface area contributed by atoms with Crippen LogP contribution < -0.4 is 0 Å². The van der Waals surface area contributed by atoms with Crippen LogP contribution in [-0.2, 0) is 5.75 Å². The first kappa shape index (κ1) is 12.6. The van der Waals surface area contributed by atoms with Gasteiger partial charge < -0.3 is 4.42 Å². The van der Waals surface area contributed by atoms with Crippen LogP contribution in [-0.4, -0.2) is 4.98 Å². The van der Waals surface area contributed by atoms with E-state index in [1.54, 1.807) is 17.8 Å². The molecule has 0 saturated heterocycles. The van der Waals surface area contributed by atoms with Crippen molar-refractivity contribution in [2.45, 2.75) is 17.9 Å². The third kappa shape index (κ3) is 2.94. The standard InChI is InChI=1S/C15H12ClNOS/c1-10-2-4-11(5-3-10)9-19-15-17-13-7-6-12(16)8-14(13)18-15/h2-8H,9H2,1H3. The summed E-state index contributed by atoms with van der Waals surface area (Å²) in [6.07, 6.45) is 0. The zero-order valence-electron chi connectivity index (χ0n) is 10.4. The zero-order valence-corrected chi connectivity index (χ0v) is 12.0. The molecule has 0 atom stereocenters. The second-order valence-electron chi connectivity index (χ2n) is 4.37. The first-order valence-electron chi connectivity index (χ1n) is 5.95. The van der Waals surface area contributed by atoms with Gasteiger partial charge in [-0.3, -0.25) is 0 Å². The van der Waals surface area contributed by atoms with Crippen LogP contribution in [0.3, 0.4) is 0 Å². The van der Waals surface area contributed by atoms with Crippen LogP contribution in [0.15, 0.2) is 52.1 Å². The highest BCUT2D eigenvalue weighted by Gasteiger charge is 2.07. The van der Waals surface area contributed by atoms with Crippen molar-refractivity contribution < 1.29 is 4.42 Å². The fraction of sp³-hybridized carbons (Fsp3) is 0.133. The molecular weight excluding hydrogens is 278 g/mol. The van der Waals surface area contributed by atoms with E-state index >= 15 is 0 Å². The van der Waals surface area contributed by atoms with Crippen LogP contribution in [0.5, 0.6) is 0 Å². The summed E-state index contributed by atoms with van der Waals surface area (Å²) in [7, 11) is 0. The van der Waals surface area contributed by atoms with Gasteiger partial charge in [-0.2, -0.15) is 0 Å². The highest BCUT2D eigenvalue weighted by atomic mass is 35.5. The molecule has 19 heavy (non-hydrogen) atoms. The predicted molar refractivity (Wildman–Crippen MR) is 79.8 cm³/mol. The van der Waals surface area contributed by atoms with Crippen LogP contribution in [0.25, 0.3) is 11.1 Å². The minimum absolute atomic E-state index is 0.665. The molecule has 0 bridgehead atoms. The Kier molecular flexibility index (Phi) is 3.49. The molecule has 2 nitrogen and oxygen atoms in total. The first-order valence-corrected chi connectivity index (χ1v) is 7.31. The maximum atomic E-state index is 5.92. The van der Waals surface area contributed by atoms with Gasteiger partial charge >= 0.3 is 0 Å². The molecule has 0 amide bonds. The lowest BCUT2D eigenvalue weighted by molar-refractivity contribution is 0.489. The van der Waals surface area contributed by atoms with Crippen molar-refractivity contribution in [2.24, 2.45) is 0 Å². The van der Waals surface area contributed by atoms with Gasteiger partial charge in [0, 0.05) is 16.8 Å². The number of hydrogen-bond donors (Lipinski definition) is 0. The summed E-state index contributed by atoms with van der Waals surface area (Å²) in [6.45, 7) is 2.08. The molecular formula is C15H12ClNOS. The summed E-state index contributed by atoms with van der Waals surface area (Å²) >= 11 is 7.51. The fourth-order valence-corrected chi connectivity index (χ4v) is 2.72. The summed E-state index contributed by atoms with van der Waals surface area (Å²) in [5.74, 6) is 0.848. The Morgan fingerprint density at radius 2 is 1.95 bits per heavy atom. The van der Waals surface area contributed by atoms with Gasteiger partial charge in [0.15, 0.2) is 5.58 Å². The smallest absolute Gasteiger partial charge is 0.257 e. The molecule has 0 radical (unpaired) electrons. The second-order valence-corrected chi connectivity index (χ2v) is 5.73. The molecule has 0 unspecified atom stereocenters. The summed E-state index contributed by atoms with van der Waals surface area (Å²) < 4.78 is 5.66. The quantitative estimate of drug-likeness (QED) is 0.629. The minimum Gasteiger partial charge on any atom is -0.431 e. The molecule has 1 aromatic heterocycles. The lowest BCUT2D eigenvalue weighted by atomic mass is 10.2. The average Bonchev–Trinajstić information content (AvgIpc) is 2.80. The van der Waals surface area contributed by atoms with Crippen molar-refractivity contribution in [1.29, 1.82) is 0 Å². The Labute approximate surface area is 120 Å². The van der Waals surface area contributed by atoms with E-state index in [2.05, 4.69) is 36.2 Å². The number of halogens is 1. The van der Waals surface area contributed by atoms with Crippen molar-refractivity contribution in [3.05, 3.63) is 58.6 Å². The molecule has 0 saturated carbocycles. The number of nitrogens with zero attached hydrogens (tertiary/aromatic N) is 1. The van der Waals surface area contributed by atoms with Gasteiger partial charge in [0.1, 0.15) is 5.52 Å². The van der Waals surface area contributed by atoms with Crippen molar-refractivity contribution in [2.75, 3.05) is 0 Å². The van der Waals surface area contributed by atoms with Crippen LogP contribution in [0.1, 0.15) is 11.1 Å². The Balaban J connectivity index is 1.76. The van der Waals surface area contributed by atoms with Gasteiger partial charge in [-0.05, 0) is 24.6 Å². The summed E-state index contributed by atoms with van der Waals surface area (Å²) in [5, 5.41) is 1.34. The highest BCUT2D eigenvalue weighted by molar-refractivity contribution is 7.98. The summed E-state index contributed by atoms with van der Waals surface area (Å²) in [6, 6.07) is 14.0. The van der Waals surface area contributed by atoms with Gasteiger partial charge in [0.05, 0.1) is 0 Å². The number of aryl methyl sites for hydroxylation is 1. The molecule has 3 aromatic rings. The summed E-state index contributed by atoms with van der Waals surface area (Å²) in [4.78, 5) is 4.42. The molecule has 3 rings (SSSR count). The van der Waals surface area contributed by atoms with E-state index in [0.29, 0.717) is 10.2 Å².